The zero-order chi connectivity index (χ0) is 14.5. The number of hydrogen-bond acceptors (Lipinski definition) is 6. The van der Waals surface area contributed by atoms with E-state index in [0.717, 1.165) is 18.1 Å². The molecule has 118 valence electrons. The van der Waals surface area contributed by atoms with Crippen LogP contribution >= 0.6 is 0 Å². The summed E-state index contributed by atoms with van der Waals surface area (Å²) in [7, 11) is 1.67. The van der Waals surface area contributed by atoms with Crippen molar-refractivity contribution in [3.05, 3.63) is 11.7 Å². The van der Waals surface area contributed by atoms with E-state index in [9.17, 15) is 0 Å². The van der Waals surface area contributed by atoms with Gasteiger partial charge < -0.3 is 19.3 Å². The van der Waals surface area contributed by atoms with Gasteiger partial charge in [0.2, 0.25) is 5.89 Å². The molecule has 2 saturated heterocycles. The molecule has 2 atom stereocenters. The van der Waals surface area contributed by atoms with E-state index in [0.29, 0.717) is 44.2 Å². The van der Waals surface area contributed by atoms with Crippen LogP contribution in [0, 0.1) is 5.92 Å². The number of hydrogen-bond donors (Lipinski definition) is 1. The second-order valence-corrected chi connectivity index (χ2v) is 6.14. The molecule has 1 aromatic heterocycles. The molecule has 6 heteroatoms. The minimum absolute atomic E-state index is 0.610. The van der Waals surface area contributed by atoms with Crippen LogP contribution in [0.25, 0.3) is 0 Å². The molecule has 6 nitrogen and oxygen atoms in total. The van der Waals surface area contributed by atoms with Crippen LogP contribution in [0.1, 0.15) is 37.4 Å². The van der Waals surface area contributed by atoms with Gasteiger partial charge in [0.05, 0.1) is 19.8 Å². The number of piperidine rings is 1. The van der Waals surface area contributed by atoms with Gasteiger partial charge in [-0.3, -0.25) is 0 Å². The van der Waals surface area contributed by atoms with Gasteiger partial charge in [-0.15, -0.1) is 0 Å². The van der Waals surface area contributed by atoms with E-state index in [1.165, 1.54) is 25.7 Å². The highest BCUT2D eigenvalue weighted by atomic mass is 16.5. The molecule has 0 spiro atoms. The number of fused-ring (bicyclic) bond motifs is 2. The maximum Gasteiger partial charge on any atom is 0.226 e. The molecule has 0 saturated carbocycles. The average Bonchev–Trinajstić information content (AvgIpc) is 3.05. The van der Waals surface area contributed by atoms with Crippen LogP contribution in [0.5, 0.6) is 0 Å². The fourth-order valence-electron chi connectivity index (χ4n) is 3.47. The van der Waals surface area contributed by atoms with Crippen molar-refractivity contribution >= 4 is 0 Å². The fourth-order valence-corrected chi connectivity index (χ4v) is 3.47. The van der Waals surface area contributed by atoms with E-state index >= 15 is 0 Å². The monoisotopic (exact) mass is 295 g/mol. The van der Waals surface area contributed by atoms with Crippen molar-refractivity contribution in [3.63, 3.8) is 0 Å². The maximum atomic E-state index is 5.42. The molecule has 1 aromatic rings. The van der Waals surface area contributed by atoms with Crippen LogP contribution in [0.4, 0.5) is 0 Å². The lowest BCUT2D eigenvalue weighted by molar-refractivity contribution is 0.0714. The molecule has 3 rings (SSSR count). The summed E-state index contributed by atoms with van der Waals surface area (Å²) in [5, 5.41) is 7.70. The van der Waals surface area contributed by atoms with Crippen molar-refractivity contribution in [1.82, 2.24) is 15.5 Å². The Balaban J connectivity index is 1.40. The van der Waals surface area contributed by atoms with Gasteiger partial charge in [0.15, 0.2) is 5.82 Å². The minimum Gasteiger partial charge on any atom is -0.382 e. The topological polar surface area (TPSA) is 69.4 Å². The highest BCUT2D eigenvalue weighted by Gasteiger charge is 2.34. The van der Waals surface area contributed by atoms with Crippen molar-refractivity contribution in [2.45, 2.75) is 50.6 Å². The molecule has 0 amide bonds. The van der Waals surface area contributed by atoms with Gasteiger partial charge in [-0.25, -0.2) is 0 Å². The van der Waals surface area contributed by atoms with E-state index in [1.54, 1.807) is 7.11 Å². The van der Waals surface area contributed by atoms with Gasteiger partial charge in [-0.2, -0.15) is 4.98 Å². The first-order valence-electron chi connectivity index (χ1n) is 7.97. The second-order valence-electron chi connectivity index (χ2n) is 6.14. The Kier molecular flexibility index (Phi) is 5.22. The van der Waals surface area contributed by atoms with E-state index in [4.69, 9.17) is 14.0 Å². The fraction of sp³-hybridized carbons (Fsp3) is 0.867. The molecule has 2 fully saturated rings. The highest BCUT2D eigenvalue weighted by Crippen LogP contribution is 2.32. The molecule has 0 aromatic carbocycles. The minimum atomic E-state index is 0.610. The molecule has 0 radical (unpaired) electrons. The van der Waals surface area contributed by atoms with Crippen LogP contribution in [0.15, 0.2) is 4.52 Å². The van der Waals surface area contributed by atoms with Gasteiger partial charge >= 0.3 is 0 Å². The molecule has 1 N–H and O–H groups in total. The molecule has 2 bridgehead atoms. The third-order valence-electron chi connectivity index (χ3n) is 4.45. The molecule has 0 aliphatic carbocycles. The molecular formula is C15H25N3O3. The first kappa shape index (κ1) is 14.9. The van der Waals surface area contributed by atoms with E-state index in [1.807, 2.05) is 0 Å². The second kappa shape index (κ2) is 7.33. The van der Waals surface area contributed by atoms with Gasteiger partial charge in [-0.05, 0) is 31.6 Å². The zero-order valence-electron chi connectivity index (χ0n) is 12.7. The Morgan fingerprint density at radius 1 is 1.19 bits per heavy atom. The predicted octanol–water partition coefficient (Wildman–Crippen LogP) is 1.35. The average molecular weight is 295 g/mol. The van der Waals surface area contributed by atoms with Crippen molar-refractivity contribution in [3.8, 4) is 0 Å². The number of methoxy groups -OCH3 is 1. The molecule has 2 unspecified atom stereocenters. The summed E-state index contributed by atoms with van der Waals surface area (Å²) in [6.45, 7) is 1.84. The number of ether oxygens (including phenoxy) is 2. The summed E-state index contributed by atoms with van der Waals surface area (Å²) in [4.78, 5) is 4.48. The molecule has 2 aliphatic rings. The first-order chi connectivity index (χ1) is 10.3. The van der Waals surface area contributed by atoms with E-state index in [-0.39, 0.29) is 0 Å². The van der Waals surface area contributed by atoms with Crippen molar-refractivity contribution in [2.24, 2.45) is 5.92 Å². The maximum absolute atomic E-state index is 5.42. The van der Waals surface area contributed by atoms with Crippen LogP contribution < -0.4 is 5.32 Å². The lowest BCUT2D eigenvalue weighted by Gasteiger charge is -2.28. The summed E-state index contributed by atoms with van der Waals surface area (Å²) in [5.41, 5.74) is 0. The summed E-state index contributed by atoms with van der Waals surface area (Å²) in [6.07, 6.45) is 6.77. The number of nitrogens with one attached hydrogen (secondary N) is 1. The Labute approximate surface area is 125 Å². The van der Waals surface area contributed by atoms with Crippen molar-refractivity contribution < 1.29 is 14.0 Å². The third kappa shape index (κ3) is 4.25. The van der Waals surface area contributed by atoms with Crippen LogP contribution in [0.3, 0.4) is 0 Å². The largest absolute Gasteiger partial charge is 0.382 e. The van der Waals surface area contributed by atoms with Crippen LogP contribution in [0.2, 0.25) is 0 Å². The molecule has 2 aliphatic heterocycles. The Morgan fingerprint density at radius 3 is 2.76 bits per heavy atom. The SMILES string of the molecule is COCCOCCc1noc(CC2CC3CCC(C2)N3)n1. The van der Waals surface area contributed by atoms with Crippen LogP contribution in [-0.2, 0) is 22.3 Å². The Hall–Kier alpha value is -0.980. The number of rotatable bonds is 8. The van der Waals surface area contributed by atoms with Crippen molar-refractivity contribution in [2.75, 3.05) is 26.9 Å². The summed E-state index contributed by atoms with van der Waals surface area (Å²) < 4.78 is 15.7. The molecular weight excluding hydrogens is 270 g/mol. The highest BCUT2D eigenvalue weighted by molar-refractivity contribution is 4.96. The predicted molar refractivity (Wildman–Crippen MR) is 77.1 cm³/mol. The summed E-state index contributed by atoms with van der Waals surface area (Å²) in [6, 6.07) is 1.43. The lowest BCUT2D eigenvalue weighted by Crippen LogP contribution is -2.38. The van der Waals surface area contributed by atoms with Crippen LogP contribution in [-0.4, -0.2) is 49.2 Å². The summed E-state index contributed by atoms with van der Waals surface area (Å²) in [5.74, 6) is 2.22. The Bertz CT molecular complexity index is 426. The third-order valence-corrected chi connectivity index (χ3v) is 4.45. The standard InChI is InChI=1S/C15H25N3O3/c1-19-6-7-20-5-4-14-17-15(21-18-14)10-11-8-12-2-3-13(9-11)16-12/h11-13,16H,2-10H2,1H3. The quantitative estimate of drug-likeness (QED) is 0.730. The van der Waals surface area contributed by atoms with Gasteiger partial charge in [-0.1, -0.05) is 5.16 Å². The Morgan fingerprint density at radius 2 is 2.00 bits per heavy atom. The van der Waals surface area contributed by atoms with Crippen molar-refractivity contribution in [1.29, 1.82) is 0 Å². The number of nitrogens with zero attached hydrogens (tertiary/aromatic N) is 2. The van der Waals surface area contributed by atoms with E-state index in [2.05, 4.69) is 15.5 Å². The number of aromatic nitrogens is 2. The molecule has 3 heterocycles. The molecule has 21 heavy (non-hydrogen) atoms. The lowest BCUT2D eigenvalue weighted by atomic mass is 9.90. The summed E-state index contributed by atoms with van der Waals surface area (Å²) >= 11 is 0. The van der Waals surface area contributed by atoms with E-state index < -0.39 is 0 Å². The smallest absolute Gasteiger partial charge is 0.226 e. The normalized spacial score (nSPS) is 28.1. The zero-order valence-corrected chi connectivity index (χ0v) is 12.7. The first-order valence-corrected chi connectivity index (χ1v) is 7.97. The van der Waals surface area contributed by atoms with Gasteiger partial charge in [0.25, 0.3) is 0 Å². The van der Waals surface area contributed by atoms with Gasteiger partial charge in [0.1, 0.15) is 0 Å². The van der Waals surface area contributed by atoms with Gasteiger partial charge in [0, 0.05) is 32.0 Å².